The normalized spacial score (nSPS) is 17.4. The second-order valence-corrected chi connectivity index (χ2v) is 4.98. The topological polar surface area (TPSA) is 55.1 Å². The molecule has 1 aromatic rings. The molecular formula is C12H14ClFN2O. The Labute approximate surface area is 104 Å². The fourth-order valence-electron chi connectivity index (χ4n) is 1.91. The lowest BCUT2D eigenvalue weighted by atomic mass is 9.75. The number of rotatable bonds is 3. The summed E-state index contributed by atoms with van der Waals surface area (Å²) in [5.41, 5.74) is 5.99. The summed E-state index contributed by atoms with van der Waals surface area (Å²) in [5.74, 6) is -0.732. The van der Waals surface area contributed by atoms with Crippen LogP contribution in [0.15, 0.2) is 18.2 Å². The second-order valence-electron chi connectivity index (χ2n) is 4.57. The van der Waals surface area contributed by atoms with E-state index in [-0.39, 0.29) is 22.9 Å². The van der Waals surface area contributed by atoms with E-state index in [2.05, 4.69) is 5.32 Å². The Morgan fingerprint density at radius 1 is 1.53 bits per heavy atom. The van der Waals surface area contributed by atoms with E-state index < -0.39 is 5.82 Å². The zero-order chi connectivity index (χ0) is 12.5. The molecule has 1 aromatic carbocycles. The van der Waals surface area contributed by atoms with Gasteiger partial charge >= 0.3 is 0 Å². The Morgan fingerprint density at radius 2 is 2.24 bits per heavy atom. The minimum Gasteiger partial charge on any atom is -0.326 e. The molecule has 1 fully saturated rings. The van der Waals surface area contributed by atoms with Gasteiger partial charge in [0.1, 0.15) is 5.82 Å². The SMILES string of the molecule is NC1(CC(=O)Nc2ccc(Cl)c(F)c2)CCC1. The van der Waals surface area contributed by atoms with Crippen molar-refractivity contribution in [2.45, 2.75) is 31.2 Å². The van der Waals surface area contributed by atoms with Crippen molar-refractivity contribution in [3.8, 4) is 0 Å². The molecule has 0 radical (unpaired) electrons. The van der Waals surface area contributed by atoms with Gasteiger partial charge in [-0.25, -0.2) is 4.39 Å². The molecule has 1 saturated carbocycles. The van der Waals surface area contributed by atoms with Crippen LogP contribution in [0.2, 0.25) is 5.02 Å². The number of benzene rings is 1. The summed E-state index contributed by atoms with van der Waals surface area (Å²) in [7, 11) is 0. The van der Waals surface area contributed by atoms with Gasteiger partial charge in [0.05, 0.1) is 5.02 Å². The molecule has 0 heterocycles. The van der Waals surface area contributed by atoms with Gasteiger partial charge in [0.25, 0.3) is 0 Å². The van der Waals surface area contributed by atoms with Crippen LogP contribution in [0.25, 0.3) is 0 Å². The van der Waals surface area contributed by atoms with Crippen LogP contribution in [0.4, 0.5) is 10.1 Å². The predicted molar refractivity (Wildman–Crippen MR) is 65.4 cm³/mol. The third-order valence-corrected chi connectivity index (χ3v) is 3.37. The highest BCUT2D eigenvalue weighted by Crippen LogP contribution is 2.32. The Hall–Kier alpha value is -1.13. The fraction of sp³-hybridized carbons (Fsp3) is 0.417. The first-order valence-corrected chi connectivity index (χ1v) is 5.90. The van der Waals surface area contributed by atoms with Gasteiger partial charge in [-0.2, -0.15) is 0 Å². The number of hydrogen-bond acceptors (Lipinski definition) is 2. The quantitative estimate of drug-likeness (QED) is 0.874. The zero-order valence-electron chi connectivity index (χ0n) is 9.30. The van der Waals surface area contributed by atoms with Crippen LogP contribution in [-0.4, -0.2) is 11.4 Å². The average Bonchev–Trinajstić information content (AvgIpc) is 2.21. The number of nitrogens with two attached hydrogens (primary N) is 1. The van der Waals surface area contributed by atoms with Crippen molar-refractivity contribution in [1.29, 1.82) is 0 Å². The van der Waals surface area contributed by atoms with E-state index in [9.17, 15) is 9.18 Å². The first-order valence-electron chi connectivity index (χ1n) is 5.52. The summed E-state index contributed by atoms with van der Waals surface area (Å²) in [6.45, 7) is 0. The van der Waals surface area contributed by atoms with Gasteiger partial charge in [-0.3, -0.25) is 4.79 Å². The van der Waals surface area contributed by atoms with E-state index in [1.54, 1.807) is 6.07 Å². The highest BCUT2D eigenvalue weighted by atomic mass is 35.5. The molecule has 1 aliphatic carbocycles. The van der Waals surface area contributed by atoms with Crippen molar-refractivity contribution in [3.05, 3.63) is 29.0 Å². The molecule has 1 aliphatic rings. The number of carbonyl (C=O) groups excluding carboxylic acids is 1. The Bertz CT molecular complexity index is 446. The van der Waals surface area contributed by atoms with Crippen molar-refractivity contribution < 1.29 is 9.18 Å². The Kier molecular flexibility index (Phi) is 3.35. The van der Waals surface area contributed by atoms with Gasteiger partial charge in [0.2, 0.25) is 5.91 Å². The van der Waals surface area contributed by atoms with Crippen molar-refractivity contribution in [2.24, 2.45) is 5.73 Å². The summed E-state index contributed by atoms with van der Waals surface area (Å²) in [6.07, 6.45) is 3.08. The van der Waals surface area contributed by atoms with Crippen LogP contribution in [0.5, 0.6) is 0 Å². The Balaban J connectivity index is 1.95. The van der Waals surface area contributed by atoms with Crippen LogP contribution in [-0.2, 0) is 4.79 Å². The molecule has 17 heavy (non-hydrogen) atoms. The summed E-state index contributed by atoms with van der Waals surface area (Å²) >= 11 is 5.55. The molecule has 3 nitrogen and oxygen atoms in total. The first kappa shape index (κ1) is 12.3. The van der Waals surface area contributed by atoms with Crippen LogP contribution < -0.4 is 11.1 Å². The smallest absolute Gasteiger partial charge is 0.226 e. The van der Waals surface area contributed by atoms with E-state index >= 15 is 0 Å². The maximum Gasteiger partial charge on any atom is 0.226 e. The van der Waals surface area contributed by atoms with Crippen LogP contribution in [0.3, 0.4) is 0 Å². The Morgan fingerprint density at radius 3 is 2.76 bits per heavy atom. The van der Waals surface area contributed by atoms with Gasteiger partial charge in [-0.1, -0.05) is 11.6 Å². The highest BCUT2D eigenvalue weighted by Gasteiger charge is 2.34. The number of anilines is 1. The lowest BCUT2D eigenvalue weighted by Crippen LogP contribution is -2.48. The van der Waals surface area contributed by atoms with E-state index in [1.807, 2.05) is 0 Å². The molecule has 5 heteroatoms. The van der Waals surface area contributed by atoms with Crippen LogP contribution in [0.1, 0.15) is 25.7 Å². The highest BCUT2D eigenvalue weighted by molar-refractivity contribution is 6.30. The van der Waals surface area contributed by atoms with E-state index in [1.165, 1.54) is 12.1 Å². The summed E-state index contributed by atoms with van der Waals surface area (Å²) < 4.78 is 13.1. The van der Waals surface area contributed by atoms with Crippen molar-refractivity contribution in [3.63, 3.8) is 0 Å². The third kappa shape index (κ3) is 2.96. The van der Waals surface area contributed by atoms with Gasteiger partial charge in [0.15, 0.2) is 0 Å². The summed E-state index contributed by atoms with van der Waals surface area (Å²) in [5, 5.41) is 2.66. The van der Waals surface area contributed by atoms with Gasteiger partial charge in [-0.15, -0.1) is 0 Å². The van der Waals surface area contributed by atoms with E-state index in [4.69, 9.17) is 17.3 Å². The number of nitrogens with one attached hydrogen (secondary N) is 1. The molecule has 0 saturated heterocycles. The molecule has 2 rings (SSSR count). The largest absolute Gasteiger partial charge is 0.326 e. The van der Waals surface area contributed by atoms with E-state index in [0.29, 0.717) is 5.69 Å². The molecule has 0 spiro atoms. The maximum atomic E-state index is 13.1. The fourth-order valence-corrected chi connectivity index (χ4v) is 2.02. The predicted octanol–water partition coefficient (Wildman–Crippen LogP) is 2.69. The number of amides is 1. The molecule has 0 unspecified atom stereocenters. The van der Waals surface area contributed by atoms with E-state index in [0.717, 1.165) is 19.3 Å². The third-order valence-electron chi connectivity index (χ3n) is 3.07. The monoisotopic (exact) mass is 256 g/mol. The molecular weight excluding hydrogens is 243 g/mol. The van der Waals surface area contributed by atoms with Gasteiger partial charge in [0, 0.05) is 17.6 Å². The van der Waals surface area contributed by atoms with Crippen molar-refractivity contribution >= 4 is 23.2 Å². The first-order chi connectivity index (χ1) is 7.98. The molecule has 3 N–H and O–H groups in total. The minimum atomic E-state index is -0.546. The maximum absolute atomic E-state index is 13.1. The minimum absolute atomic E-state index is 0.0392. The standard InChI is InChI=1S/C12H14ClFN2O/c13-9-3-2-8(6-10(9)14)16-11(17)7-12(15)4-1-5-12/h2-3,6H,1,4-5,7,15H2,(H,16,17). The number of hydrogen-bond donors (Lipinski definition) is 2. The van der Waals surface area contributed by atoms with Gasteiger partial charge < -0.3 is 11.1 Å². The number of halogens is 2. The molecule has 0 bridgehead atoms. The lowest BCUT2D eigenvalue weighted by Gasteiger charge is -2.37. The molecule has 0 aliphatic heterocycles. The van der Waals surface area contributed by atoms with Crippen LogP contribution >= 0.6 is 11.6 Å². The molecule has 92 valence electrons. The zero-order valence-corrected chi connectivity index (χ0v) is 10.1. The summed E-state index contributed by atoms with van der Waals surface area (Å²) in [4.78, 5) is 11.7. The number of carbonyl (C=O) groups is 1. The van der Waals surface area contributed by atoms with Crippen molar-refractivity contribution in [2.75, 3.05) is 5.32 Å². The second kappa shape index (κ2) is 4.63. The van der Waals surface area contributed by atoms with Crippen molar-refractivity contribution in [1.82, 2.24) is 0 Å². The average molecular weight is 257 g/mol. The van der Waals surface area contributed by atoms with Gasteiger partial charge in [-0.05, 0) is 37.5 Å². The molecule has 0 atom stereocenters. The van der Waals surface area contributed by atoms with Crippen LogP contribution in [0, 0.1) is 5.82 Å². The lowest BCUT2D eigenvalue weighted by molar-refractivity contribution is -0.118. The molecule has 1 amide bonds. The molecule has 0 aromatic heterocycles. The summed E-state index contributed by atoms with van der Waals surface area (Å²) in [6, 6.07) is 4.17.